The van der Waals surface area contributed by atoms with Gasteiger partial charge in [0.25, 0.3) is 0 Å². The first-order valence-corrected chi connectivity index (χ1v) is 9.34. The van der Waals surface area contributed by atoms with E-state index in [9.17, 15) is 31.1 Å². The van der Waals surface area contributed by atoms with Crippen molar-refractivity contribution in [2.45, 2.75) is 57.7 Å². The molecule has 3 N–H and O–H groups in total. The summed E-state index contributed by atoms with van der Waals surface area (Å²) in [6.45, 7) is 6.43. The number of rotatable bonds is 6. The van der Waals surface area contributed by atoms with E-state index in [-0.39, 0.29) is 23.6 Å². The monoisotopic (exact) mass is 425 g/mol. The van der Waals surface area contributed by atoms with Gasteiger partial charge in [-0.15, -0.1) is 0 Å². The highest BCUT2D eigenvalue weighted by Crippen LogP contribution is 2.36. The van der Waals surface area contributed by atoms with Gasteiger partial charge in [0.15, 0.2) is 0 Å². The zero-order chi connectivity index (χ0) is 22.0. The summed E-state index contributed by atoms with van der Waals surface area (Å²) in [5, 5.41) is 8.93. The molecule has 1 aromatic rings. The topological polar surface area (TPSA) is 53.2 Å². The molecule has 1 heterocycles. The quantitative estimate of drug-likeness (QED) is 0.610. The van der Waals surface area contributed by atoms with Crippen LogP contribution in [0.4, 0.5) is 26.3 Å². The number of likely N-dealkylation sites (N-methyl/N-ethyl adjacent to an activating group) is 1. The zero-order valence-electron chi connectivity index (χ0n) is 16.4. The van der Waals surface area contributed by atoms with Crippen LogP contribution in [0.1, 0.15) is 43.9 Å². The van der Waals surface area contributed by atoms with Crippen LogP contribution in [0.15, 0.2) is 18.2 Å². The Kier molecular flexibility index (Phi) is 6.89. The Bertz CT molecular complexity index is 699. The Labute approximate surface area is 165 Å². The number of nitrogens with one attached hydrogen (secondary N) is 3. The molecule has 1 amide bonds. The van der Waals surface area contributed by atoms with E-state index in [0.717, 1.165) is 0 Å². The van der Waals surface area contributed by atoms with E-state index in [1.165, 1.54) is 0 Å². The van der Waals surface area contributed by atoms with E-state index in [1.807, 2.05) is 20.8 Å². The van der Waals surface area contributed by atoms with Gasteiger partial charge < -0.3 is 16.0 Å². The lowest BCUT2D eigenvalue weighted by molar-refractivity contribution is -0.143. The molecule has 2 atom stereocenters. The molecule has 10 heteroatoms. The highest BCUT2D eigenvalue weighted by Gasteiger charge is 2.47. The van der Waals surface area contributed by atoms with Crippen molar-refractivity contribution in [3.63, 3.8) is 0 Å². The van der Waals surface area contributed by atoms with E-state index in [1.54, 1.807) is 0 Å². The van der Waals surface area contributed by atoms with Gasteiger partial charge >= 0.3 is 12.4 Å². The first-order chi connectivity index (χ1) is 13.3. The summed E-state index contributed by atoms with van der Waals surface area (Å²) in [4.78, 5) is 12.8. The Balaban J connectivity index is 2.22. The summed E-state index contributed by atoms with van der Waals surface area (Å²) in [6, 6.07) is 1.38. The van der Waals surface area contributed by atoms with Gasteiger partial charge in [0.1, 0.15) is 5.54 Å². The molecule has 2 rings (SSSR count). The lowest BCUT2D eigenvalue weighted by atomic mass is 9.83. The van der Waals surface area contributed by atoms with Gasteiger partial charge in [0.2, 0.25) is 5.91 Å². The Morgan fingerprint density at radius 3 is 2.14 bits per heavy atom. The van der Waals surface area contributed by atoms with Crippen molar-refractivity contribution in [1.82, 2.24) is 16.0 Å². The fourth-order valence-electron chi connectivity index (χ4n) is 3.61. The second-order valence-corrected chi connectivity index (χ2v) is 7.56. The fraction of sp³-hybridized carbons (Fsp3) is 0.632. The summed E-state index contributed by atoms with van der Waals surface area (Å²) in [6.07, 6.45) is -9.38. The SMILES string of the molecule is CCNC1CNC(C(=O)NCc2cc(C(F)(F)F)cc(C(F)(F)F)c2)(C(C)C)C1. The lowest BCUT2D eigenvalue weighted by Gasteiger charge is -2.32. The molecule has 1 aliphatic rings. The number of carbonyl (C=O) groups is 1. The Hall–Kier alpha value is -1.81. The van der Waals surface area contributed by atoms with Crippen LogP contribution < -0.4 is 16.0 Å². The maximum atomic E-state index is 13.0. The predicted octanol–water partition coefficient (Wildman–Crippen LogP) is 3.71. The molecule has 0 bridgehead atoms. The van der Waals surface area contributed by atoms with Crippen molar-refractivity contribution in [1.29, 1.82) is 0 Å². The molecule has 2 unspecified atom stereocenters. The molecule has 1 saturated heterocycles. The summed E-state index contributed by atoms with van der Waals surface area (Å²) >= 11 is 0. The number of hydrogen-bond acceptors (Lipinski definition) is 3. The van der Waals surface area contributed by atoms with Gasteiger partial charge in [-0.3, -0.25) is 4.79 Å². The van der Waals surface area contributed by atoms with Crippen molar-refractivity contribution >= 4 is 5.91 Å². The first-order valence-electron chi connectivity index (χ1n) is 9.34. The van der Waals surface area contributed by atoms with Crippen molar-refractivity contribution in [3.05, 3.63) is 34.9 Å². The molecule has 29 heavy (non-hydrogen) atoms. The average molecular weight is 425 g/mol. The van der Waals surface area contributed by atoms with E-state index in [2.05, 4.69) is 16.0 Å². The van der Waals surface area contributed by atoms with Gasteiger partial charge in [-0.2, -0.15) is 26.3 Å². The van der Waals surface area contributed by atoms with E-state index in [0.29, 0.717) is 31.6 Å². The molecule has 1 fully saturated rings. The lowest BCUT2D eigenvalue weighted by Crippen LogP contribution is -2.57. The molecule has 0 aliphatic carbocycles. The summed E-state index contributed by atoms with van der Waals surface area (Å²) in [5.74, 6) is -0.572. The minimum Gasteiger partial charge on any atom is -0.350 e. The van der Waals surface area contributed by atoms with E-state index in [4.69, 9.17) is 0 Å². The van der Waals surface area contributed by atoms with Crippen LogP contribution in [0.2, 0.25) is 0 Å². The second-order valence-electron chi connectivity index (χ2n) is 7.56. The molecule has 0 radical (unpaired) electrons. The van der Waals surface area contributed by atoms with Crippen LogP contribution in [-0.4, -0.2) is 30.6 Å². The minimum absolute atomic E-state index is 0.0542. The largest absolute Gasteiger partial charge is 0.416 e. The Morgan fingerprint density at radius 1 is 1.14 bits per heavy atom. The number of hydrogen-bond donors (Lipinski definition) is 3. The maximum Gasteiger partial charge on any atom is 0.416 e. The number of carbonyl (C=O) groups excluding carboxylic acids is 1. The molecule has 0 aromatic heterocycles. The van der Waals surface area contributed by atoms with Crippen molar-refractivity contribution in [2.75, 3.05) is 13.1 Å². The van der Waals surface area contributed by atoms with E-state index < -0.39 is 41.5 Å². The number of amides is 1. The molecular weight excluding hydrogens is 400 g/mol. The van der Waals surface area contributed by atoms with Crippen molar-refractivity contribution in [2.24, 2.45) is 5.92 Å². The van der Waals surface area contributed by atoms with Crippen molar-refractivity contribution in [3.8, 4) is 0 Å². The van der Waals surface area contributed by atoms with Gasteiger partial charge in [0, 0.05) is 19.1 Å². The minimum atomic E-state index is -4.93. The van der Waals surface area contributed by atoms with Crippen molar-refractivity contribution < 1.29 is 31.1 Å². The van der Waals surface area contributed by atoms with Crippen LogP contribution >= 0.6 is 0 Å². The summed E-state index contributed by atoms with van der Waals surface area (Å²) < 4.78 is 77.9. The van der Waals surface area contributed by atoms with Crippen LogP contribution in [0.5, 0.6) is 0 Å². The molecule has 1 aliphatic heterocycles. The fourth-order valence-corrected chi connectivity index (χ4v) is 3.61. The average Bonchev–Trinajstić information content (AvgIpc) is 3.04. The molecule has 0 saturated carbocycles. The smallest absolute Gasteiger partial charge is 0.350 e. The van der Waals surface area contributed by atoms with Crippen LogP contribution in [0.3, 0.4) is 0 Å². The third-order valence-corrected chi connectivity index (χ3v) is 5.22. The Morgan fingerprint density at radius 2 is 1.69 bits per heavy atom. The van der Waals surface area contributed by atoms with Crippen LogP contribution in [0.25, 0.3) is 0 Å². The number of alkyl halides is 6. The van der Waals surface area contributed by atoms with Crippen LogP contribution in [-0.2, 0) is 23.7 Å². The molecule has 1 aromatic carbocycles. The summed E-state index contributed by atoms with van der Waals surface area (Å²) in [7, 11) is 0. The summed E-state index contributed by atoms with van der Waals surface area (Å²) in [5.41, 5.74) is -4.01. The standard InChI is InChI=1S/C19H25F6N3O/c1-4-26-15-8-17(11(2)3,28-10-15)16(29)27-9-12-5-13(18(20,21)22)7-14(6-12)19(23,24)25/h5-7,11,15,26,28H,4,8-10H2,1-3H3,(H,27,29). The highest BCUT2D eigenvalue weighted by molar-refractivity contribution is 5.87. The third kappa shape index (κ3) is 5.42. The highest BCUT2D eigenvalue weighted by atomic mass is 19.4. The van der Waals surface area contributed by atoms with Gasteiger partial charge in [-0.25, -0.2) is 0 Å². The normalized spacial score (nSPS) is 22.9. The maximum absolute atomic E-state index is 13.0. The van der Waals surface area contributed by atoms with Gasteiger partial charge in [-0.1, -0.05) is 20.8 Å². The van der Waals surface area contributed by atoms with Gasteiger partial charge in [0.05, 0.1) is 11.1 Å². The molecule has 4 nitrogen and oxygen atoms in total. The molecular formula is C19H25F6N3O. The van der Waals surface area contributed by atoms with E-state index >= 15 is 0 Å². The number of benzene rings is 1. The second kappa shape index (κ2) is 8.51. The zero-order valence-corrected chi connectivity index (χ0v) is 16.4. The number of halogens is 6. The van der Waals surface area contributed by atoms with Gasteiger partial charge in [-0.05, 0) is 42.6 Å². The molecule has 164 valence electrons. The molecule has 0 spiro atoms. The predicted molar refractivity (Wildman–Crippen MR) is 95.9 cm³/mol. The third-order valence-electron chi connectivity index (χ3n) is 5.22. The first kappa shape index (κ1) is 23.5. The van der Waals surface area contributed by atoms with Crippen LogP contribution in [0, 0.1) is 5.92 Å².